The van der Waals surface area contributed by atoms with Crippen molar-refractivity contribution in [1.29, 1.82) is 0 Å². The van der Waals surface area contributed by atoms with Crippen LogP contribution in [0, 0.1) is 0 Å². The lowest BCUT2D eigenvalue weighted by Crippen LogP contribution is -2.25. The summed E-state index contributed by atoms with van der Waals surface area (Å²) in [5, 5.41) is 13.1. The number of fused-ring (bicyclic) bond motifs is 2. The molecule has 1 saturated heterocycles. The first-order valence-electron chi connectivity index (χ1n) is 5.86. The van der Waals surface area contributed by atoms with Crippen LogP contribution in [0.1, 0.15) is 6.42 Å². The molecule has 0 aromatic heterocycles. The highest BCUT2D eigenvalue weighted by Gasteiger charge is 2.42. The van der Waals surface area contributed by atoms with Crippen molar-refractivity contribution in [2.45, 2.75) is 24.7 Å². The molecule has 6 heteroatoms. The third-order valence-electron chi connectivity index (χ3n) is 3.29. The first kappa shape index (κ1) is 12.9. The maximum Gasteiger partial charge on any atom is 0.254 e. The molecular weight excluding hydrogens is 289 g/mol. The van der Waals surface area contributed by atoms with E-state index >= 15 is 0 Å². The van der Waals surface area contributed by atoms with Gasteiger partial charge >= 0.3 is 0 Å². The number of amides is 1. The van der Waals surface area contributed by atoms with Crippen LogP contribution in [0.4, 0.5) is 5.69 Å². The highest BCUT2D eigenvalue weighted by molar-refractivity contribution is 6.42. The zero-order chi connectivity index (χ0) is 13.6. The van der Waals surface area contributed by atoms with E-state index in [1.54, 1.807) is 24.3 Å². The molecule has 19 heavy (non-hydrogen) atoms. The third-order valence-corrected chi connectivity index (χ3v) is 4.03. The molecule has 3 atom stereocenters. The summed E-state index contributed by atoms with van der Waals surface area (Å²) in [5.41, 5.74) is 1.13. The van der Waals surface area contributed by atoms with Gasteiger partial charge in [0.25, 0.3) is 5.91 Å². The summed E-state index contributed by atoms with van der Waals surface area (Å²) in [6.45, 7) is 0. The van der Waals surface area contributed by atoms with Crippen molar-refractivity contribution in [1.82, 2.24) is 0 Å². The minimum atomic E-state index is -0.508. The fraction of sp³-hybridized carbons (Fsp3) is 0.308. The van der Waals surface area contributed by atoms with Crippen molar-refractivity contribution >= 4 is 34.8 Å². The second-order valence-electron chi connectivity index (χ2n) is 4.60. The summed E-state index contributed by atoms with van der Waals surface area (Å²) < 4.78 is 5.45. The molecule has 100 valence electrons. The second kappa shape index (κ2) is 4.80. The monoisotopic (exact) mass is 299 g/mol. The summed E-state index contributed by atoms with van der Waals surface area (Å²) in [7, 11) is 0. The molecule has 2 bridgehead atoms. The van der Waals surface area contributed by atoms with Crippen LogP contribution in [0.5, 0.6) is 0 Å². The van der Waals surface area contributed by atoms with E-state index in [-0.39, 0.29) is 18.1 Å². The molecule has 2 heterocycles. The van der Waals surface area contributed by atoms with Gasteiger partial charge in [-0.1, -0.05) is 23.2 Å². The summed E-state index contributed by atoms with van der Waals surface area (Å²) in [6, 6.07) is 4.88. The zero-order valence-corrected chi connectivity index (χ0v) is 11.3. The van der Waals surface area contributed by atoms with Gasteiger partial charge in [0, 0.05) is 17.7 Å². The maximum absolute atomic E-state index is 12.1. The number of benzene rings is 1. The van der Waals surface area contributed by atoms with Crippen LogP contribution >= 0.6 is 23.2 Å². The van der Waals surface area contributed by atoms with Crippen molar-refractivity contribution in [3.05, 3.63) is 39.9 Å². The summed E-state index contributed by atoms with van der Waals surface area (Å²) in [4.78, 5) is 12.1. The molecule has 1 aromatic rings. The highest BCUT2D eigenvalue weighted by Crippen LogP contribution is 2.34. The Morgan fingerprint density at radius 1 is 1.37 bits per heavy atom. The normalized spacial score (nSPS) is 28.4. The Labute approximate surface area is 120 Å². The number of halogens is 2. The summed E-state index contributed by atoms with van der Waals surface area (Å²) >= 11 is 11.7. The van der Waals surface area contributed by atoms with E-state index in [2.05, 4.69) is 5.32 Å². The fourth-order valence-electron chi connectivity index (χ4n) is 2.32. The third kappa shape index (κ3) is 2.37. The number of hydrogen-bond donors (Lipinski definition) is 2. The van der Waals surface area contributed by atoms with Crippen molar-refractivity contribution in [2.24, 2.45) is 0 Å². The maximum atomic E-state index is 12.1. The minimum Gasteiger partial charge on any atom is -0.390 e. The van der Waals surface area contributed by atoms with Gasteiger partial charge in [0.1, 0.15) is 6.10 Å². The molecule has 2 N–H and O–H groups in total. The highest BCUT2D eigenvalue weighted by atomic mass is 35.5. The smallest absolute Gasteiger partial charge is 0.254 e. The van der Waals surface area contributed by atoms with Crippen LogP contribution in [-0.2, 0) is 9.53 Å². The molecule has 0 saturated carbocycles. The molecule has 1 aromatic carbocycles. The molecule has 1 amide bonds. The number of carbonyl (C=O) groups is 1. The van der Waals surface area contributed by atoms with Crippen LogP contribution in [-0.4, -0.2) is 29.3 Å². The number of hydrogen-bond acceptors (Lipinski definition) is 3. The van der Waals surface area contributed by atoms with Crippen molar-refractivity contribution in [3.63, 3.8) is 0 Å². The number of aliphatic hydroxyl groups is 1. The van der Waals surface area contributed by atoms with Gasteiger partial charge in [-0.25, -0.2) is 0 Å². The number of nitrogens with one attached hydrogen (secondary N) is 1. The fourth-order valence-corrected chi connectivity index (χ4v) is 2.62. The minimum absolute atomic E-state index is 0.238. The van der Waals surface area contributed by atoms with Gasteiger partial charge in [0.05, 0.1) is 22.3 Å². The summed E-state index contributed by atoms with van der Waals surface area (Å²) in [5.74, 6) is -0.238. The lowest BCUT2D eigenvalue weighted by molar-refractivity contribution is -0.113. The molecule has 0 aliphatic carbocycles. The van der Waals surface area contributed by atoms with Gasteiger partial charge in [-0.2, -0.15) is 0 Å². The van der Waals surface area contributed by atoms with Gasteiger partial charge in [-0.05, 0) is 24.3 Å². The van der Waals surface area contributed by atoms with Crippen LogP contribution in [0.25, 0.3) is 0 Å². The van der Waals surface area contributed by atoms with Crippen LogP contribution in [0.2, 0.25) is 10.0 Å². The number of rotatable bonds is 2. The Bertz CT molecular complexity index is 573. The number of aliphatic hydroxyl groups excluding tert-OH is 1. The number of ether oxygens (including phenoxy) is 1. The molecule has 2 aliphatic rings. The number of carbonyl (C=O) groups excluding carboxylic acids is 1. The van der Waals surface area contributed by atoms with Crippen molar-refractivity contribution < 1.29 is 14.6 Å². The Morgan fingerprint density at radius 2 is 2.16 bits per heavy atom. The van der Waals surface area contributed by atoms with Crippen molar-refractivity contribution in [3.8, 4) is 0 Å². The predicted molar refractivity (Wildman–Crippen MR) is 72.5 cm³/mol. The standard InChI is InChI=1S/C13H11Cl2NO3/c14-8-2-1-6(3-9(8)15)16-13(18)7-4-12-10(17)5-11(7)19-12/h1-4,10-12,17H,5H2,(H,16,18)/t10-,11+,12+/m0/s1. The number of anilines is 1. The summed E-state index contributed by atoms with van der Waals surface area (Å²) in [6.07, 6.45) is 0.950. The quantitative estimate of drug-likeness (QED) is 0.881. The van der Waals surface area contributed by atoms with E-state index in [0.717, 1.165) is 0 Å². The zero-order valence-electron chi connectivity index (χ0n) is 9.77. The first-order chi connectivity index (χ1) is 9.04. The Morgan fingerprint density at radius 3 is 2.74 bits per heavy atom. The Hall–Kier alpha value is -1.07. The van der Waals surface area contributed by atoms with Gasteiger partial charge < -0.3 is 15.2 Å². The molecule has 0 radical (unpaired) electrons. The van der Waals surface area contributed by atoms with E-state index in [1.165, 1.54) is 0 Å². The van der Waals surface area contributed by atoms with E-state index in [1.807, 2.05) is 0 Å². The molecule has 0 spiro atoms. The molecule has 0 unspecified atom stereocenters. The van der Waals surface area contributed by atoms with E-state index < -0.39 is 6.10 Å². The molecule has 3 rings (SSSR count). The van der Waals surface area contributed by atoms with Gasteiger partial charge in [-0.3, -0.25) is 4.79 Å². The van der Waals surface area contributed by atoms with E-state index in [0.29, 0.717) is 27.7 Å². The molecular formula is C13H11Cl2NO3. The Kier molecular flexibility index (Phi) is 3.27. The van der Waals surface area contributed by atoms with Gasteiger partial charge in [0.2, 0.25) is 0 Å². The van der Waals surface area contributed by atoms with Gasteiger partial charge in [-0.15, -0.1) is 0 Å². The van der Waals surface area contributed by atoms with Gasteiger partial charge in [0.15, 0.2) is 0 Å². The van der Waals surface area contributed by atoms with E-state index in [4.69, 9.17) is 27.9 Å². The lowest BCUT2D eigenvalue weighted by Gasteiger charge is -2.13. The first-order valence-corrected chi connectivity index (χ1v) is 6.62. The second-order valence-corrected chi connectivity index (χ2v) is 5.41. The predicted octanol–water partition coefficient (Wildman–Crippen LogP) is 2.39. The lowest BCUT2D eigenvalue weighted by atomic mass is 9.96. The van der Waals surface area contributed by atoms with Crippen LogP contribution in [0.3, 0.4) is 0 Å². The van der Waals surface area contributed by atoms with Crippen LogP contribution in [0.15, 0.2) is 29.8 Å². The van der Waals surface area contributed by atoms with Crippen molar-refractivity contribution in [2.75, 3.05) is 5.32 Å². The average Bonchev–Trinajstić information content (AvgIpc) is 2.92. The largest absolute Gasteiger partial charge is 0.390 e. The Balaban J connectivity index is 1.74. The average molecular weight is 300 g/mol. The van der Waals surface area contributed by atoms with E-state index in [9.17, 15) is 9.90 Å². The molecule has 2 aliphatic heterocycles. The molecule has 1 fully saturated rings. The van der Waals surface area contributed by atoms with Crippen LogP contribution < -0.4 is 5.32 Å². The topological polar surface area (TPSA) is 58.6 Å². The SMILES string of the molecule is O=C(Nc1ccc(Cl)c(Cl)c1)C1=C[C@H]2O[C@@H]1C[C@@H]2O. The molecule has 4 nitrogen and oxygen atoms in total.